The van der Waals surface area contributed by atoms with Gasteiger partial charge in [0.2, 0.25) is 0 Å². The van der Waals surface area contributed by atoms with Crippen LogP contribution in [-0.4, -0.2) is 10.7 Å². The third-order valence-electron chi connectivity index (χ3n) is 1.97. The first-order chi connectivity index (χ1) is 5.62. The number of halogens is 1. The van der Waals surface area contributed by atoms with E-state index in [0.717, 1.165) is 19.3 Å². The van der Waals surface area contributed by atoms with Crippen molar-refractivity contribution in [3.8, 4) is 0 Å². The van der Waals surface area contributed by atoms with E-state index in [0.29, 0.717) is 0 Å². The number of unbranched alkanes of at least 4 members (excludes halogenated alkanes) is 2. The summed E-state index contributed by atoms with van der Waals surface area (Å²) in [5.74, 6) is 0. The molecule has 1 N–H and O–H groups in total. The lowest BCUT2D eigenvalue weighted by atomic mass is 9.95. The average molecular weight is 282 g/mol. The van der Waals surface area contributed by atoms with Crippen molar-refractivity contribution in [1.82, 2.24) is 0 Å². The van der Waals surface area contributed by atoms with Crippen LogP contribution < -0.4 is 0 Å². The first kappa shape index (κ1) is 12.4. The quantitative estimate of drug-likeness (QED) is 0.582. The van der Waals surface area contributed by atoms with Crippen LogP contribution in [0.15, 0.2) is 10.2 Å². The van der Waals surface area contributed by atoms with Crippen molar-refractivity contribution in [2.45, 2.75) is 51.6 Å². The molecule has 0 spiro atoms. The lowest BCUT2D eigenvalue weighted by Crippen LogP contribution is -2.22. The molecule has 1 atom stereocenters. The summed E-state index contributed by atoms with van der Waals surface area (Å²) in [6.07, 6.45) is 7.30. The van der Waals surface area contributed by atoms with Crippen molar-refractivity contribution in [2.24, 2.45) is 0 Å². The lowest BCUT2D eigenvalue weighted by Gasteiger charge is -2.20. The molecule has 0 fully saturated rings. The number of aliphatic hydroxyl groups is 1. The van der Waals surface area contributed by atoms with Crippen LogP contribution in [0, 0.1) is 0 Å². The molecule has 0 bridgehead atoms. The standard InChI is InChI=1S/C10H19IO/c1-3-4-5-7-10(2,12)8-6-9-11/h6,9,12H,3-5,7-8H2,1-2H3/b9-6+. The van der Waals surface area contributed by atoms with E-state index in [2.05, 4.69) is 29.5 Å². The van der Waals surface area contributed by atoms with E-state index in [1.54, 1.807) is 0 Å². The molecule has 2 heteroatoms. The van der Waals surface area contributed by atoms with E-state index in [1.165, 1.54) is 12.8 Å². The minimum atomic E-state index is -0.489. The zero-order valence-electron chi connectivity index (χ0n) is 8.02. The fraction of sp³-hybridized carbons (Fsp3) is 0.800. The Morgan fingerprint density at radius 3 is 2.58 bits per heavy atom. The second kappa shape index (κ2) is 6.89. The Hall–Kier alpha value is 0.430. The van der Waals surface area contributed by atoms with Gasteiger partial charge in [-0.3, -0.25) is 0 Å². The Bertz CT molecular complexity index is 130. The summed E-state index contributed by atoms with van der Waals surface area (Å²) in [6, 6.07) is 0. The molecular formula is C10H19IO. The van der Waals surface area contributed by atoms with Gasteiger partial charge in [-0.05, 0) is 23.8 Å². The summed E-state index contributed by atoms with van der Waals surface area (Å²) in [6.45, 7) is 4.10. The van der Waals surface area contributed by atoms with E-state index >= 15 is 0 Å². The van der Waals surface area contributed by atoms with Crippen LogP contribution in [0.1, 0.15) is 46.0 Å². The van der Waals surface area contributed by atoms with E-state index < -0.39 is 5.60 Å². The molecule has 0 rings (SSSR count). The second-order valence-electron chi connectivity index (χ2n) is 3.52. The fourth-order valence-electron chi connectivity index (χ4n) is 1.16. The highest BCUT2D eigenvalue weighted by Gasteiger charge is 2.16. The molecule has 72 valence electrons. The Labute approximate surface area is 89.4 Å². The van der Waals surface area contributed by atoms with Gasteiger partial charge in [0, 0.05) is 0 Å². The lowest BCUT2D eigenvalue weighted by molar-refractivity contribution is 0.0514. The summed E-state index contributed by atoms with van der Waals surface area (Å²) >= 11 is 2.18. The number of rotatable bonds is 6. The number of hydrogen-bond acceptors (Lipinski definition) is 1. The molecule has 0 aromatic rings. The van der Waals surface area contributed by atoms with Crippen molar-refractivity contribution in [3.05, 3.63) is 10.2 Å². The van der Waals surface area contributed by atoms with Crippen molar-refractivity contribution in [3.63, 3.8) is 0 Å². The van der Waals surface area contributed by atoms with Gasteiger partial charge >= 0.3 is 0 Å². The van der Waals surface area contributed by atoms with Crippen LogP contribution in [0.2, 0.25) is 0 Å². The Morgan fingerprint density at radius 1 is 1.42 bits per heavy atom. The topological polar surface area (TPSA) is 20.2 Å². The zero-order valence-corrected chi connectivity index (χ0v) is 10.2. The van der Waals surface area contributed by atoms with Gasteiger partial charge in [-0.2, -0.15) is 0 Å². The highest BCUT2D eigenvalue weighted by Crippen LogP contribution is 2.19. The van der Waals surface area contributed by atoms with E-state index in [9.17, 15) is 5.11 Å². The third-order valence-corrected chi connectivity index (χ3v) is 2.47. The first-order valence-electron chi connectivity index (χ1n) is 4.60. The van der Waals surface area contributed by atoms with Gasteiger partial charge in [0.15, 0.2) is 0 Å². The SMILES string of the molecule is CCCCCC(C)(O)C/C=C/I. The van der Waals surface area contributed by atoms with Gasteiger partial charge in [0.1, 0.15) is 0 Å². The Morgan fingerprint density at radius 2 is 2.08 bits per heavy atom. The van der Waals surface area contributed by atoms with Crippen molar-refractivity contribution >= 4 is 22.6 Å². The molecule has 12 heavy (non-hydrogen) atoms. The van der Waals surface area contributed by atoms with Gasteiger partial charge in [-0.1, -0.05) is 54.9 Å². The van der Waals surface area contributed by atoms with Crippen molar-refractivity contribution in [1.29, 1.82) is 0 Å². The molecule has 1 unspecified atom stereocenters. The molecule has 1 nitrogen and oxygen atoms in total. The van der Waals surface area contributed by atoms with Gasteiger partial charge in [0.05, 0.1) is 5.60 Å². The summed E-state index contributed by atoms with van der Waals surface area (Å²) in [5.41, 5.74) is -0.489. The normalized spacial score (nSPS) is 16.7. The van der Waals surface area contributed by atoms with Crippen LogP contribution in [0.25, 0.3) is 0 Å². The monoisotopic (exact) mass is 282 g/mol. The van der Waals surface area contributed by atoms with E-state index in [4.69, 9.17) is 0 Å². The highest BCUT2D eigenvalue weighted by molar-refractivity contribution is 14.1. The molecule has 0 aromatic heterocycles. The molecule has 0 amide bonds. The Kier molecular flexibility index (Phi) is 7.14. The number of hydrogen-bond donors (Lipinski definition) is 1. The molecular weight excluding hydrogens is 263 g/mol. The maximum Gasteiger partial charge on any atom is 0.0654 e. The molecule has 0 aliphatic heterocycles. The van der Waals surface area contributed by atoms with E-state index in [-0.39, 0.29) is 0 Å². The predicted octanol–water partition coefficient (Wildman–Crippen LogP) is 3.66. The van der Waals surface area contributed by atoms with Gasteiger partial charge in [0.25, 0.3) is 0 Å². The van der Waals surface area contributed by atoms with Crippen LogP contribution >= 0.6 is 22.6 Å². The molecule has 0 saturated carbocycles. The van der Waals surface area contributed by atoms with Crippen LogP contribution in [0.5, 0.6) is 0 Å². The smallest absolute Gasteiger partial charge is 0.0654 e. The van der Waals surface area contributed by atoms with Crippen LogP contribution in [-0.2, 0) is 0 Å². The largest absolute Gasteiger partial charge is 0.390 e. The average Bonchev–Trinajstić information content (AvgIpc) is 2.01. The molecule has 0 aliphatic rings. The van der Waals surface area contributed by atoms with Crippen molar-refractivity contribution in [2.75, 3.05) is 0 Å². The Balaban J connectivity index is 3.55. The molecule has 0 aromatic carbocycles. The summed E-state index contributed by atoms with van der Waals surface area (Å²) in [4.78, 5) is 0. The summed E-state index contributed by atoms with van der Waals surface area (Å²) in [7, 11) is 0. The summed E-state index contributed by atoms with van der Waals surface area (Å²) in [5, 5.41) is 9.82. The predicted molar refractivity (Wildman–Crippen MR) is 62.5 cm³/mol. The van der Waals surface area contributed by atoms with Crippen LogP contribution in [0.4, 0.5) is 0 Å². The fourth-order valence-corrected chi connectivity index (χ4v) is 1.41. The molecule has 0 heterocycles. The minimum absolute atomic E-state index is 0.489. The molecule has 0 saturated heterocycles. The maximum atomic E-state index is 9.82. The maximum absolute atomic E-state index is 9.82. The first-order valence-corrected chi connectivity index (χ1v) is 5.84. The second-order valence-corrected chi connectivity index (χ2v) is 4.24. The summed E-state index contributed by atoms with van der Waals surface area (Å²) < 4.78 is 1.96. The minimum Gasteiger partial charge on any atom is -0.390 e. The van der Waals surface area contributed by atoms with Crippen LogP contribution in [0.3, 0.4) is 0 Å². The van der Waals surface area contributed by atoms with E-state index in [1.807, 2.05) is 17.1 Å². The van der Waals surface area contributed by atoms with Gasteiger partial charge < -0.3 is 5.11 Å². The highest BCUT2D eigenvalue weighted by atomic mass is 127. The molecule has 0 aliphatic carbocycles. The van der Waals surface area contributed by atoms with Gasteiger partial charge in [-0.25, -0.2) is 0 Å². The molecule has 0 radical (unpaired) electrons. The zero-order chi connectivity index (χ0) is 9.45. The third kappa shape index (κ3) is 7.10. The van der Waals surface area contributed by atoms with Crippen molar-refractivity contribution < 1.29 is 5.11 Å². The van der Waals surface area contributed by atoms with Gasteiger partial charge in [-0.15, -0.1) is 0 Å².